The number of hydrogen-bond donors (Lipinski definition) is 1. The standard InChI is InChI=1S/C25H26N4O4/c1-15(2)32-22-12-11-16(13-21(22)26-3)25-28-24(29-33-25)19-9-5-8-18-17(19)7-6-10-20(18)27-14-23(30)31-4/h5,8-9,11-13,15,20,27H,6-7,10,14H2,1-2,4H3/t20-/m0/s1. The molecular formula is C25H26N4O4. The van der Waals surface area contributed by atoms with E-state index in [1.807, 2.05) is 32.0 Å². The third kappa shape index (κ3) is 4.89. The first-order valence-corrected chi connectivity index (χ1v) is 10.9. The summed E-state index contributed by atoms with van der Waals surface area (Å²) in [5.74, 6) is 1.10. The van der Waals surface area contributed by atoms with Gasteiger partial charge in [-0.05, 0) is 62.4 Å². The largest absolute Gasteiger partial charge is 0.502 e. The van der Waals surface area contributed by atoms with Crippen LogP contribution in [0.15, 0.2) is 40.9 Å². The van der Waals surface area contributed by atoms with Crippen LogP contribution in [0, 0.1) is 6.57 Å². The number of methoxy groups -OCH3 is 1. The van der Waals surface area contributed by atoms with E-state index < -0.39 is 0 Å². The Bertz CT molecular complexity index is 1200. The minimum atomic E-state index is -0.287. The van der Waals surface area contributed by atoms with Gasteiger partial charge in [-0.1, -0.05) is 23.4 Å². The molecule has 1 aliphatic rings. The smallest absolute Gasteiger partial charge is 0.319 e. The van der Waals surface area contributed by atoms with Gasteiger partial charge in [-0.2, -0.15) is 4.98 Å². The summed E-state index contributed by atoms with van der Waals surface area (Å²) in [5.41, 5.74) is 4.27. The lowest BCUT2D eigenvalue weighted by Crippen LogP contribution is -2.30. The van der Waals surface area contributed by atoms with Crippen LogP contribution in [-0.2, 0) is 16.0 Å². The monoisotopic (exact) mass is 446 g/mol. The van der Waals surface area contributed by atoms with Crippen molar-refractivity contribution in [3.8, 4) is 28.6 Å². The first-order valence-electron chi connectivity index (χ1n) is 10.9. The Hall–Kier alpha value is -3.70. The number of carbonyl (C=O) groups excluding carboxylic acids is 1. The molecule has 1 aliphatic carbocycles. The average Bonchev–Trinajstić information content (AvgIpc) is 3.32. The average molecular weight is 447 g/mol. The highest BCUT2D eigenvalue weighted by molar-refractivity contribution is 5.72. The maximum atomic E-state index is 11.6. The molecule has 2 aromatic carbocycles. The zero-order valence-electron chi connectivity index (χ0n) is 18.9. The zero-order valence-corrected chi connectivity index (χ0v) is 18.9. The van der Waals surface area contributed by atoms with Crippen molar-refractivity contribution in [3.05, 3.63) is 58.9 Å². The molecule has 1 N–H and O–H groups in total. The van der Waals surface area contributed by atoms with Gasteiger partial charge in [-0.15, -0.1) is 0 Å². The molecule has 0 radical (unpaired) electrons. The number of fused-ring (bicyclic) bond motifs is 1. The van der Waals surface area contributed by atoms with Crippen LogP contribution >= 0.6 is 0 Å². The number of aromatic nitrogens is 2. The molecule has 4 rings (SSSR count). The lowest BCUT2D eigenvalue weighted by atomic mass is 9.84. The van der Waals surface area contributed by atoms with Crippen molar-refractivity contribution in [2.75, 3.05) is 13.7 Å². The fourth-order valence-electron chi connectivity index (χ4n) is 4.09. The molecule has 0 saturated heterocycles. The van der Waals surface area contributed by atoms with Crippen LogP contribution in [0.25, 0.3) is 27.7 Å². The number of ether oxygens (including phenoxy) is 2. The summed E-state index contributed by atoms with van der Waals surface area (Å²) in [6, 6.07) is 11.4. The van der Waals surface area contributed by atoms with E-state index in [-0.39, 0.29) is 24.7 Å². The van der Waals surface area contributed by atoms with E-state index in [4.69, 9.17) is 20.6 Å². The first-order chi connectivity index (χ1) is 16.0. The predicted octanol–water partition coefficient (Wildman–Crippen LogP) is 4.88. The Morgan fingerprint density at radius 1 is 1.33 bits per heavy atom. The van der Waals surface area contributed by atoms with E-state index in [9.17, 15) is 4.79 Å². The van der Waals surface area contributed by atoms with Gasteiger partial charge >= 0.3 is 5.97 Å². The second-order valence-electron chi connectivity index (χ2n) is 8.16. The fraction of sp³-hybridized carbons (Fsp3) is 0.360. The molecule has 33 heavy (non-hydrogen) atoms. The van der Waals surface area contributed by atoms with Gasteiger partial charge in [0.1, 0.15) is 5.75 Å². The van der Waals surface area contributed by atoms with Crippen molar-refractivity contribution in [2.45, 2.75) is 45.3 Å². The molecule has 0 aliphatic heterocycles. The van der Waals surface area contributed by atoms with Crippen LogP contribution in [0.1, 0.15) is 43.9 Å². The van der Waals surface area contributed by atoms with Crippen LogP contribution < -0.4 is 10.1 Å². The van der Waals surface area contributed by atoms with Crippen molar-refractivity contribution in [2.24, 2.45) is 0 Å². The molecule has 0 spiro atoms. The number of rotatable bonds is 7. The van der Waals surface area contributed by atoms with Gasteiger partial charge in [-0.3, -0.25) is 4.79 Å². The maximum Gasteiger partial charge on any atom is 0.319 e. The van der Waals surface area contributed by atoms with Gasteiger partial charge in [0.15, 0.2) is 0 Å². The molecular weight excluding hydrogens is 420 g/mol. The van der Waals surface area contributed by atoms with Gasteiger partial charge in [0, 0.05) is 17.2 Å². The quantitative estimate of drug-likeness (QED) is 0.408. The molecule has 0 saturated carbocycles. The molecule has 0 unspecified atom stereocenters. The number of benzene rings is 2. The highest BCUT2D eigenvalue weighted by atomic mass is 16.5. The number of nitrogens with one attached hydrogen (secondary N) is 1. The number of hydrogen-bond acceptors (Lipinski definition) is 7. The fourth-order valence-corrected chi connectivity index (χ4v) is 4.09. The van der Waals surface area contributed by atoms with E-state index in [0.29, 0.717) is 28.7 Å². The second-order valence-corrected chi connectivity index (χ2v) is 8.16. The lowest BCUT2D eigenvalue weighted by molar-refractivity contribution is -0.139. The Labute approximate surface area is 192 Å². The maximum absolute atomic E-state index is 11.6. The van der Waals surface area contributed by atoms with Gasteiger partial charge in [-0.25, -0.2) is 4.85 Å². The van der Waals surface area contributed by atoms with E-state index in [0.717, 1.165) is 36.0 Å². The van der Waals surface area contributed by atoms with Gasteiger partial charge in [0.25, 0.3) is 5.89 Å². The minimum absolute atomic E-state index is 0.0263. The van der Waals surface area contributed by atoms with E-state index in [2.05, 4.69) is 26.4 Å². The third-order valence-corrected chi connectivity index (χ3v) is 5.58. The van der Waals surface area contributed by atoms with Crippen LogP contribution in [0.2, 0.25) is 0 Å². The third-order valence-electron chi connectivity index (χ3n) is 5.58. The number of nitrogens with zero attached hydrogens (tertiary/aromatic N) is 3. The highest BCUT2D eigenvalue weighted by Gasteiger charge is 2.25. The summed E-state index contributed by atoms with van der Waals surface area (Å²) in [4.78, 5) is 19.8. The molecule has 170 valence electrons. The van der Waals surface area contributed by atoms with Gasteiger partial charge in [0.05, 0.1) is 26.3 Å². The number of carbonyl (C=O) groups is 1. The van der Waals surface area contributed by atoms with Crippen LogP contribution in [0.4, 0.5) is 5.69 Å². The molecule has 3 aromatic rings. The van der Waals surface area contributed by atoms with Crippen molar-refractivity contribution in [3.63, 3.8) is 0 Å². The Morgan fingerprint density at radius 3 is 2.94 bits per heavy atom. The molecule has 1 aromatic heterocycles. The normalized spacial score (nSPS) is 15.1. The molecule has 1 atom stereocenters. The molecule has 0 fully saturated rings. The van der Waals surface area contributed by atoms with Crippen LogP contribution in [0.5, 0.6) is 5.75 Å². The summed E-state index contributed by atoms with van der Waals surface area (Å²) < 4.78 is 16.0. The van der Waals surface area contributed by atoms with Crippen LogP contribution in [0.3, 0.4) is 0 Å². The zero-order chi connectivity index (χ0) is 23.4. The first kappa shape index (κ1) is 22.5. The summed E-state index contributed by atoms with van der Waals surface area (Å²) >= 11 is 0. The summed E-state index contributed by atoms with van der Waals surface area (Å²) in [6.07, 6.45) is 2.80. The minimum Gasteiger partial charge on any atom is -0.502 e. The highest BCUT2D eigenvalue weighted by Crippen LogP contribution is 2.37. The van der Waals surface area contributed by atoms with E-state index >= 15 is 0 Å². The van der Waals surface area contributed by atoms with E-state index in [1.165, 1.54) is 7.11 Å². The van der Waals surface area contributed by atoms with Gasteiger partial charge in [0.2, 0.25) is 11.5 Å². The lowest BCUT2D eigenvalue weighted by Gasteiger charge is -2.27. The SMILES string of the molecule is [C-]#[N+]c1cc(-c2nc(-c3cccc4c3CCC[C@@H]4NCC(=O)OC)no2)ccc1OC(C)C. The molecule has 0 bridgehead atoms. The van der Waals surface area contributed by atoms with Crippen molar-refractivity contribution in [1.82, 2.24) is 15.5 Å². The molecule has 0 amide bonds. The Kier molecular flexibility index (Phi) is 6.71. The summed E-state index contributed by atoms with van der Waals surface area (Å²) in [5, 5.41) is 7.51. The van der Waals surface area contributed by atoms with Gasteiger partial charge < -0.3 is 19.3 Å². The van der Waals surface area contributed by atoms with Crippen LogP contribution in [-0.4, -0.2) is 35.9 Å². The molecule has 8 heteroatoms. The predicted molar refractivity (Wildman–Crippen MR) is 123 cm³/mol. The Morgan fingerprint density at radius 2 is 2.18 bits per heavy atom. The van der Waals surface area contributed by atoms with E-state index in [1.54, 1.807) is 12.1 Å². The van der Waals surface area contributed by atoms with Crippen molar-refractivity contribution >= 4 is 11.7 Å². The van der Waals surface area contributed by atoms with Crippen molar-refractivity contribution < 1.29 is 18.8 Å². The Balaban J connectivity index is 1.62. The van der Waals surface area contributed by atoms with Crippen molar-refractivity contribution in [1.29, 1.82) is 0 Å². The number of esters is 1. The topological polar surface area (TPSA) is 90.8 Å². The molecule has 1 heterocycles. The summed E-state index contributed by atoms with van der Waals surface area (Å²) in [7, 11) is 1.39. The summed E-state index contributed by atoms with van der Waals surface area (Å²) in [6.45, 7) is 11.5. The second kappa shape index (κ2) is 9.84. The molecule has 8 nitrogen and oxygen atoms in total.